The van der Waals surface area contributed by atoms with Gasteiger partial charge in [-0.2, -0.15) is 5.10 Å². The standard InChI is InChI=1S/C14H15N3O3/c1-17-9-11(8-15-17)10-3-2-4-12(7-10)16-13(18)5-6-14(19)20/h2-4,7-9H,5-6H2,1H3,(H,16,18)(H,19,20). The van der Waals surface area contributed by atoms with Gasteiger partial charge in [-0.05, 0) is 17.7 Å². The minimum Gasteiger partial charge on any atom is -0.481 e. The van der Waals surface area contributed by atoms with Gasteiger partial charge >= 0.3 is 5.97 Å². The van der Waals surface area contributed by atoms with Crippen molar-refractivity contribution in [2.75, 3.05) is 5.32 Å². The number of carboxylic acid groups (broad SMARTS) is 1. The highest BCUT2D eigenvalue weighted by Crippen LogP contribution is 2.22. The van der Waals surface area contributed by atoms with E-state index in [0.717, 1.165) is 11.1 Å². The third kappa shape index (κ3) is 3.68. The van der Waals surface area contributed by atoms with Crippen LogP contribution in [0.5, 0.6) is 0 Å². The number of aromatic nitrogens is 2. The van der Waals surface area contributed by atoms with E-state index in [4.69, 9.17) is 5.11 Å². The van der Waals surface area contributed by atoms with Gasteiger partial charge in [0.15, 0.2) is 0 Å². The van der Waals surface area contributed by atoms with Crippen LogP contribution in [0.25, 0.3) is 11.1 Å². The highest BCUT2D eigenvalue weighted by atomic mass is 16.4. The maximum Gasteiger partial charge on any atom is 0.303 e. The SMILES string of the molecule is Cn1cc(-c2cccc(NC(=O)CCC(=O)O)c2)cn1. The van der Waals surface area contributed by atoms with Crippen molar-refractivity contribution in [1.82, 2.24) is 9.78 Å². The largest absolute Gasteiger partial charge is 0.481 e. The molecule has 2 rings (SSSR count). The quantitative estimate of drug-likeness (QED) is 0.871. The van der Waals surface area contributed by atoms with E-state index >= 15 is 0 Å². The van der Waals surface area contributed by atoms with Crippen LogP contribution in [-0.2, 0) is 16.6 Å². The average Bonchev–Trinajstić information content (AvgIpc) is 2.83. The number of benzene rings is 1. The molecule has 0 unspecified atom stereocenters. The zero-order valence-corrected chi connectivity index (χ0v) is 11.0. The van der Waals surface area contributed by atoms with Crippen LogP contribution < -0.4 is 5.32 Å². The fourth-order valence-corrected chi connectivity index (χ4v) is 1.79. The Kier molecular flexibility index (Phi) is 4.14. The summed E-state index contributed by atoms with van der Waals surface area (Å²) in [6, 6.07) is 7.34. The van der Waals surface area contributed by atoms with Crippen LogP contribution in [0.2, 0.25) is 0 Å². The summed E-state index contributed by atoms with van der Waals surface area (Å²) in [6.45, 7) is 0. The van der Waals surface area contributed by atoms with Crippen LogP contribution >= 0.6 is 0 Å². The Balaban J connectivity index is 2.06. The van der Waals surface area contributed by atoms with Crippen molar-refractivity contribution in [3.8, 4) is 11.1 Å². The van der Waals surface area contributed by atoms with Crippen LogP contribution in [0.3, 0.4) is 0 Å². The van der Waals surface area contributed by atoms with E-state index in [1.165, 1.54) is 0 Å². The summed E-state index contributed by atoms with van der Waals surface area (Å²) in [7, 11) is 1.83. The van der Waals surface area contributed by atoms with Crippen molar-refractivity contribution in [1.29, 1.82) is 0 Å². The molecule has 20 heavy (non-hydrogen) atoms. The fourth-order valence-electron chi connectivity index (χ4n) is 1.79. The lowest BCUT2D eigenvalue weighted by atomic mass is 10.1. The first kappa shape index (κ1) is 13.8. The molecule has 104 valence electrons. The Morgan fingerprint density at radius 2 is 2.10 bits per heavy atom. The second-order valence-corrected chi connectivity index (χ2v) is 4.43. The zero-order valence-electron chi connectivity index (χ0n) is 11.0. The number of aliphatic carboxylic acids is 1. The van der Waals surface area contributed by atoms with Crippen LogP contribution in [0.15, 0.2) is 36.7 Å². The highest BCUT2D eigenvalue weighted by Gasteiger charge is 2.07. The lowest BCUT2D eigenvalue weighted by molar-refractivity contribution is -0.138. The maximum absolute atomic E-state index is 11.6. The monoisotopic (exact) mass is 273 g/mol. The summed E-state index contributed by atoms with van der Waals surface area (Å²) in [5.74, 6) is -1.29. The molecule has 0 fully saturated rings. The minimum absolute atomic E-state index is 0.0353. The van der Waals surface area contributed by atoms with E-state index in [1.807, 2.05) is 31.4 Å². The average molecular weight is 273 g/mol. The number of carbonyl (C=O) groups is 2. The maximum atomic E-state index is 11.6. The molecule has 0 spiro atoms. The summed E-state index contributed by atoms with van der Waals surface area (Å²) in [6.07, 6.45) is 3.41. The fraction of sp³-hybridized carbons (Fsp3) is 0.214. The van der Waals surface area contributed by atoms with E-state index in [1.54, 1.807) is 16.9 Å². The molecule has 0 atom stereocenters. The first-order chi connectivity index (χ1) is 9.54. The number of amides is 1. The molecule has 1 amide bonds. The summed E-state index contributed by atoms with van der Waals surface area (Å²) < 4.78 is 1.70. The van der Waals surface area contributed by atoms with Gasteiger partial charge < -0.3 is 10.4 Å². The van der Waals surface area contributed by atoms with Crippen LogP contribution in [0.1, 0.15) is 12.8 Å². The normalized spacial score (nSPS) is 10.2. The molecule has 1 heterocycles. The van der Waals surface area contributed by atoms with Crippen LogP contribution in [0.4, 0.5) is 5.69 Å². The van der Waals surface area contributed by atoms with E-state index in [9.17, 15) is 9.59 Å². The Bertz CT molecular complexity index is 634. The van der Waals surface area contributed by atoms with E-state index in [2.05, 4.69) is 10.4 Å². The Morgan fingerprint density at radius 3 is 2.75 bits per heavy atom. The molecule has 0 bridgehead atoms. The lowest BCUT2D eigenvalue weighted by Gasteiger charge is -2.06. The smallest absolute Gasteiger partial charge is 0.303 e. The summed E-state index contributed by atoms with van der Waals surface area (Å²) >= 11 is 0. The van der Waals surface area contributed by atoms with E-state index in [0.29, 0.717) is 5.69 Å². The second kappa shape index (κ2) is 6.01. The summed E-state index contributed by atoms with van der Waals surface area (Å²) in [4.78, 5) is 22.0. The van der Waals surface area contributed by atoms with Gasteiger partial charge in [0, 0.05) is 30.9 Å². The number of hydrogen-bond donors (Lipinski definition) is 2. The van der Waals surface area contributed by atoms with Gasteiger partial charge in [-0.1, -0.05) is 12.1 Å². The van der Waals surface area contributed by atoms with Gasteiger partial charge in [-0.25, -0.2) is 0 Å². The topological polar surface area (TPSA) is 84.2 Å². The highest BCUT2D eigenvalue weighted by molar-refractivity contribution is 5.93. The number of hydrogen-bond acceptors (Lipinski definition) is 3. The van der Waals surface area contributed by atoms with Crippen LogP contribution in [-0.4, -0.2) is 26.8 Å². The molecule has 6 heteroatoms. The van der Waals surface area contributed by atoms with Crippen molar-refractivity contribution in [3.63, 3.8) is 0 Å². The molecular formula is C14H15N3O3. The number of nitrogens with one attached hydrogen (secondary N) is 1. The van der Waals surface area contributed by atoms with Crippen molar-refractivity contribution < 1.29 is 14.7 Å². The molecular weight excluding hydrogens is 258 g/mol. The van der Waals surface area contributed by atoms with Gasteiger partial charge in [0.25, 0.3) is 0 Å². The molecule has 2 aromatic rings. The predicted octanol–water partition coefficient (Wildman–Crippen LogP) is 1.89. The van der Waals surface area contributed by atoms with Gasteiger partial charge in [-0.3, -0.25) is 14.3 Å². The van der Waals surface area contributed by atoms with Crippen molar-refractivity contribution in [3.05, 3.63) is 36.7 Å². The first-order valence-corrected chi connectivity index (χ1v) is 6.15. The molecule has 0 radical (unpaired) electrons. The number of carboxylic acids is 1. The van der Waals surface area contributed by atoms with Crippen molar-refractivity contribution >= 4 is 17.6 Å². The number of rotatable bonds is 5. The van der Waals surface area contributed by atoms with Gasteiger partial charge in [0.2, 0.25) is 5.91 Å². The van der Waals surface area contributed by atoms with Gasteiger partial charge in [0.05, 0.1) is 12.6 Å². The van der Waals surface area contributed by atoms with Crippen molar-refractivity contribution in [2.45, 2.75) is 12.8 Å². The second-order valence-electron chi connectivity index (χ2n) is 4.43. The first-order valence-electron chi connectivity index (χ1n) is 6.15. The predicted molar refractivity (Wildman–Crippen MR) is 74.1 cm³/mol. The lowest BCUT2D eigenvalue weighted by Crippen LogP contribution is -2.13. The third-order valence-corrected chi connectivity index (χ3v) is 2.75. The number of aryl methyl sites for hydroxylation is 1. The third-order valence-electron chi connectivity index (χ3n) is 2.75. The molecule has 0 aliphatic rings. The summed E-state index contributed by atoms with van der Waals surface area (Å²) in [5.41, 5.74) is 2.53. The molecule has 2 N–H and O–H groups in total. The Morgan fingerprint density at radius 1 is 1.30 bits per heavy atom. The van der Waals surface area contributed by atoms with E-state index < -0.39 is 5.97 Å². The zero-order chi connectivity index (χ0) is 14.5. The van der Waals surface area contributed by atoms with Gasteiger partial charge in [0.1, 0.15) is 0 Å². The molecule has 0 aliphatic heterocycles. The number of anilines is 1. The molecule has 0 saturated heterocycles. The molecule has 0 aliphatic carbocycles. The number of nitrogens with zero attached hydrogens (tertiary/aromatic N) is 2. The Labute approximate surface area is 116 Å². The molecule has 0 saturated carbocycles. The number of carbonyl (C=O) groups excluding carboxylic acids is 1. The molecule has 1 aromatic carbocycles. The molecule has 6 nitrogen and oxygen atoms in total. The minimum atomic E-state index is -0.982. The van der Waals surface area contributed by atoms with Gasteiger partial charge in [-0.15, -0.1) is 0 Å². The summed E-state index contributed by atoms with van der Waals surface area (Å²) in [5, 5.41) is 15.3. The van der Waals surface area contributed by atoms with Crippen LogP contribution in [0, 0.1) is 0 Å². The van der Waals surface area contributed by atoms with E-state index in [-0.39, 0.29) is 18.7 Å². The molecule has 1 aromatic heterocycles. The van der Waals surface area contributed by atoms with Crippen molar-refractivity contribution in [2.24, 2.45) is 7.05 Å². The Hall–Kier alpha value is -2.63.